The van der Waals surface area contributed by atoms with Crippen molar-refractivity contribution in [2.24, 2.45) is 0 Å². The van der Waals surface area contributed by atoms with E-state index in [1.165, 1.54) is 0 Å². The van der Waals surface area contributed by atoms with Crippen LogP contribution in [-0.4, -0.2) is 29.1 Å². The molecule has 2 aromatic rings. The molecule has 70 valence electrons. The molecule has 0 radical (unpaired) electrons. The minimum Gasteiger partial charge on any atom is -0.336 e. The molecule has 0 aliphatic carbocycles. The van der Waals surface area contributed by atoms with Crippen molar-refractivity contribution >= 4 is 22.9 Å². The highest BCUT2D eigenvalue weighted by Gasteiger charge is 2.27. The number of nitrogens with zero attached hydrogens (tertiary/aromatic N) is 3. The number of hydrogen-bond donors (Lipinski definition) is 0. The summed E-state index contributed by atoms with van der Waals surface area (Å²) in [7, 11) is 1.88. The van der Waals surface area contributed by atoms with Gasteiger partial charge in [0.05, 0.1) is 11.0 Å². The largest absolute Gasteiger partial charge is 0.336 e. The van der Waals surface area contributed by atoms with Gasteiger partial charge in [-0.1, -0.05) is 12.1 Å². The number of hydrogen-bond acceptors (Lipinski definition) is 3. The highest BCUT2D eigenvalue weighted by Crippen LogP contribution is 2.25. The first-order valence-corrected chi connectivity index (χ1v) is 4.49. The maximum absolute atomic E-state index is 11.6. The Kier molecular flexibility index (Phi) is 1.27. The van der Waals surface area contributed by atoms with Gasteiger partial charge in [-0.25, -0.2) is 9.55 Å². The van der Waals surface area contributed by atoms with Crippen LogP contribution in [0.25, 0.3) is 11.0 Å². The molecule has 0 fully saturated rings. The minimum absolute atomic E-state index is 0.0937. The van der Waals surface area contributed by atoms with Crippen molar-refractivity contribution in [1.29, 1.82) is 0 Å². The minimum atomic E-state index is 0.0937. The number of rotatable bonds is 0. The summed E-state index contributed by atoms with van der Waals surface area (Å²) in [5.41, 5.74) is 1.78. The van der Waals surface area contributed by atoms with Gasteiger partial charge in [-0.15, -0.1) is 0 Å². The van der Waals surface area contributed by atoms with Crippen molar-refractivity contribution in [1.82, 2.24) is 9.55 Å². The first-order chi connectivity index (χ1) is 6.77. The van der Waals surface area contributed by atoms with Gasteiger partial charge < -0.3 is 4.90 Å². The van der Waals surface area contributed by atoms with Gasteiger partial charge in [0.2, 0.25) is 5.95 Å². The standard InChI is InChI=1S/C10H9N3O/c1-12-6-9(14)13-8-5-3-2-4-7(8)11-10(12)13/h2-5H,6H2,1H3. The van der Waals surface area contributed by atoms with Crippen LogP contribution in [0.1, 0.15) is 4.79 Å². The fraction of sp³-hybridized carbons (Fsp3) is 0.200. The molecule has 2 heterocycles. The number of carbonyl (C=O) groups is 1. The summed E-state index contributed by atoms with van der Waals surface area (Å²) >= 11 is 0. The highest BCUT2D eigenvalue weighted by molar-refractivity contribution is 5.99. The molecule has 1 aromatic heterocycles. The third-order valence-electron chi connectivity index (χ3n) is 2.51. The summed E-state index contributed by atoms with van der Waals surface area (Å²) in [4.78, 5) is 17.9. The van der Waals surface area contributed by atoms with E-state index in [1.807, 2.05) is 36.2 Å². The molecule has 1 aliphatic rings. The number of imidazole rings is 1. The van der Waals surface area contributed by atoms with Crippen LogP contribution in [-0.2, 0) is 0 Å². The van der Waals surface area contributed by atoms with Gasteiger partial charge in [-0.2, -0.15) is 0 Å². The Morgan fingerprint density at radius 1 is 1.36 bits per heavy atom. The third kappa shape index (κ3) is 0.775. The lowest BCUT2D eigenvalue weighted by molar-refractivity contribution is 0.0946. The quantitative estimate of drug-likeness (QED) is 0.620. The Labute approximate surface area is 80.8 Å². The van der Waals surface area contributed by atoms with Crippen LogP contribution in [0.4, 0.5) is 5.95 Å². The molecule has 0 saturated heterocycles. The number of anilines is 1. The second-order valence-corrected chi connectivity index (χ2v) is 3.49. The Morgan fingerprint density at radius 3 is 3.00 bits per heavy atom. The van der Waals surface area contributed by atoms with E-state index in [9.17, 15) is 4.79 Å². The summed E-state index contributed by atoms with van der Waals surface area (Å²) in [5.74, 6) is 0.840. The van der Waals surface area contributed by atoms with Crippen molar-refractivity contribution in [2.45, 2.75) is 0 Å². The lowest BCUT2D eigenvalue weighted by Gasteiger charge is -2.03. The van der Waals surface area contributed by atoms with E-state index in [0.717, 1.165) is 17.0 Å². The van der Waals surface area contributed by atoms with Gasteiger partial charge in [-0.3, -0.25) is 4.79 Å². The molecule has 0 saturated carbocycles. The van der Waals surface area contributed by atoms with Gasteiger partial charge in [-0.05, 0) is 12.1 Å². The Hall–Kier alpha value is -1.84. The van der Waals surface area contributed by atoms with Crippen molar-refractivity contribution < 1.29 is 4.79 Å². The zero-order valence-electron chi connectivity index (χ0n) is 7.77. The molecule has 0 bridgehead atoms. The van der Waals surface area contributed by atoms with Crippen molar-refractivity contribution in [3.63, 3.8) is 0 Å². The van der Waals surface area contributed by atoms with Gasteiger partial charge in [0.15, 0.2) is 0 Å². The summed E-state index contributed by atoms with van der Waals surface area (Å²) in [6.07, 6.45) is 0. The summed E-state index contributed by atoms with van der Waals surface area (Å²) < 4.78 is 1.68. The second-order valence-electron chi connectivity index (χ2n) is 3.49. The number of fused-ring (bicyclic) bond motifs is 3. The SMILES string of the molecule is CN1CC(=O)n2c1nc1ccccc12. The number of benzene rings is 1. The normalized spacial score (nSPS) is 15.2. The number of carbonyl (C=O) groups excluding carboxylic acids is 1. The van der Waals surface area contributed by atoms with Gasteiger partial charge in [0, 0.05) is 7.05 Å². The Bertz CT molecular complexity index is 529. The molecule has 0 unspecified atom stereocenters. The average Bonchev–Trinajstić information content (AvgIpc) is 2.66. The average molecular weight is 187 g/mol. The molecule has 0 atom stereocenters. The molecule has 1 aromatic carbocycles. The first kappa shape index (κ1) is 7.55. The smallest absolute Gasteiger partial charge is 0.253 e. The zero-order valence-corrected chi connectivity index (χ0v) is 7.77. The first-order valence-electron chi connectivity index (χ1n) is 4.49. The van der Waals surface area contributed by atoms with Crippen LogP contribution >= 0.6 is 0 Å². The number of aromatic nitrogens is 2. The van der Waals surface area contributed by atoms with Crippen LogP contribution in [0, 0.1) is 0 Å². The van der Waals surface area contributed by atoms with Crippen molar-refractivity contribution in [3.8, 4) is 0 Å². The maximum atomic E-state index is 11.6. The third-order valence-corrected chi connectivity index (χ3v) is 2.51. The zero-order chi connectivity index (χ0) is 9.71. The molecule has 0 spiro atoms. The molecule has 0 N–H and O–H groups in total. The fourth-order valence-corrected chi connectivity index (χ4v) is 1.86. The fourth-order valence-electron chi connectivity index (χ4n) is 1.86. The lowest BCUT2D eigenvalue weighted by atomic mass is 10.3. The van der Waals surface area contributed by atoms with E-state index in [4.69, 9.17) is 0 Å². The van der Waals surface area contributed by atoms with Gasteiger partial charge in [0.1, 0.15) is 6.54 Å². The van der Waals surface area contributed by atoms with Gasteiger partial charge >= 0.3 is 0 Å². The van der Waals surface area contributed by atoms with Crippen LogP contribution < -0.4 is 4.90 Å². The van der Waals surface area contributed by atoms with E-state index in [0.29, 0.717) is 6.54 Å². The maximum Gasteiger partial charge on any atom is 0.253 e. The molecule has 4 nitrogen and oxygen atoms in total. The molecule has 1 aliphatic heterocycles. The van der Waals surface area contributed by atoms with Gasteiger partial charge in [0.25, 0.3) is 5.91 Å². The predicted molar refractivity (Wildman–Crippen MR) is 53.6 cm³/mol. The second kappa shape index (κ2) is 2.35. The van der Waals surface area contributed by atoms with E-state index in [-0.39, 0.29) is 5.91 Å². The van der Waals surface area contributed by atoms with Crippen LogP contribution in [0.3, 0.4) is 0 Å². The van der Waals surface area contributed by atoms with Crippen LogP contribution in [0.15, 0.2) is 24.3 Å². The van der Waals surface area contributed by atoms with Crippen molar-refractivity contribution in [2.75, 3.05) is 18.5 Å². The molecule has 3 rings (SSSR count). The lowest BCUT2D eigenvalue weighted by Crippen LogP contribution is -2.17. The van der Waals surface area contributed by atoms with Crippen LogP contribution in [0.5, 0.6) is 0 Å². The summed E-state index contributed by atoms with van der Waals surface area (Å²) in [6, 6.07) is 7.68. The number of para-hydroxylation sites is 2. The molecular weight excluding hydrogens is 178 g/mol. The Balaban J connectivity index is 2.43. The molecule has 4 heteroatoms. The molecular formula is C10H9N3O. The van der Waals surface area contributed by atoms with Crippen molar-refractivity contribution in [3.05, 3.63) is 24.3 Å². The monoisotopic (exact) mass is 187 g/mol. The highest BCUT2D eigenvalue weighted by atomic mass is 16.2. The predicted octanol–water partition coefficient (Wildman–Crippen LogP) is 1.13. The molecule has 0 amide bonds. The number of likely N-dealkylation sites (N-methyl/N-ethyl adjacent to an activating group) is 1. The Morgan fingerprint density at radius 2 is 2.14 bits per heavy atom. The van der Waals surface area contributed by atoms with E-state index < -0.39 is 0 Å². The van der Waals surface area contributed by atoms with Crippen LogP contribution in [0.2, 0.25) is 0 Å². The van der Waals surface area contributed by atoms with E-state index in [2.05, 4.69) is 4.98 Å². The molecule has 14 heavy (non-hydrogen) atoms. The van der Waals surface area contributed by atoms with E-state index in [1.54, 1.807) is 4.57 Å². The summed E-state index contributed by atoms with van der Waals surface area (Å²) in [6.45, 7) is 0.424. The topological polar surface area (TPSA) is 38.1 Å². The van der Waals surface area contributed by atoms with E-state index >= 15 is 0 Å². The summed E-state index contributed by atoms with van der Waals surface area (Å²) in [5, 5.41) is 0.